The Morgan fingerprint density at radius 3 is 2.60 bits per heavy atom. The van der Waals surface area contributed by atoms with E-state index in [1.807, 2.05) is 13.8 Å². The van der Waals surface area contributed by atoms with Crippen LogP contribution in [0.2, 0.25) is 5.02 Å². The molecule has 0 saturated carbocycles. The monoisotopic (exact) mass is 390 g/mol. The third kappa shape index (κ3) is 5.15. The minimum atomic E-state index is -3.68. The number of hydrogen-bond donors (Lipinski definition) is 1. The van der Waals surface area contributed by atoms with E-state index in [0.29, 0.717) is 12.8 Å². The van der Waals surface area contributed by atoms with Crippen molar-refractivity contribution in [3.8, 4) is 0 Å². The number of piperidine rings is 1. The topological polar surface area (TPSA) is 66.5 Å². The fraction of sp³-hybridized carbons (Fsp3) is 0.588. The zero-order valence-electron chi connectivity index (χ0n) is 14.5. The van der Waals surface area contributed by atoms with Crippen LogP contribution in [0.4, 0.5) is 4.39 Å². The van der Waals surface area contributed by atoms with Crippen LogP contribution >= 0.6 is 11.6 Å². The highest BCUT2D eigenvalue weighted by molar-refractivity contribution is 7.88. The van der Waals surface area contributed by atoms with E-state index >= 15 is 0 Å². The highest BCUT2D eigenvalue weighted by Gasteiger charge is 2.32. The summed E-state index contributed by atoms with van der Waals surface area (Å²) in [5, 5.41) is 3.04. The van der Waals surface area contributed by atoms with Gasteiger partial charge in [-0.05, 0) is 38.3 Å². The maximum atomic E-state index is 13.9. The lowest BCUT2D eigenvalue weighted by atomic mass is 9.97. The van der Waals surface area contributed by atoms with E-state index < -0.39 is 21.6 Å². The number of carbonyl (C=O) groups excluding carboxylic acids is 1. The molecule has 0 spiro atoms. The van der Waals surface area contributed by atoms with E-state index in [1.54, 1.807) is 0 Å². The van der Waals surface area contributed by atoms with E-state index in [1.165, 1.54) is 22.5 Å². The van der Waals surface area contributed by atoms with Crippen molar-refractivity contribution in [1.29, 1.82) is 0 Å². The number of hydrogen-bond acceptors (Lipinski definition) is 3. The summed E-state index contributed by atoms with van der Waals surface area (Å²) in [5.74, 6) is -1.30. The summed E-state index contributed by atoms with van der Waals surface area (Å²) in [6.45, 7) is 4.45. The van der Waals surface area contributed by atoms with E-state index in [2.05, 4.69) is 5.32 Å². The van der Waals surface area contributed by atoms with Crippen molar-refractivity contribution < 1.29 is 17.6 Å². The van der Waals surface area contributed by atoms with Gasteiger partial charge < -0.3 is 5.32 Å². The van der Waals surface area contributed by atoms with Gasteiger partial charge in [0.05, 0.1) is 5.75 Å². The van der Waals surface area contributed by atoms with Crippen LogP contribution in [-0.2, 0) is 20.6 Å². The molecule has 1 aromatic carbocycles. The van der Waals surface area contributed by atoms with Gasteiger partial charge in [-0.25, -0.2) is 17.1 Å². The van der Waals surface area contributed by atoms with Gasteiger partial charge in [0, 0.05) is 35.6 Å². The average molecular weight is 391 g/mol. The first-order valence-electron chi connectivity index (χ1n) is 8.45. The molecule has 5 nitrogen and oxygen atoms in total. The number of sulfonamides is 1. The van der Waals surface area contributed by atoms with Crippen LogP contribution in [0.1, 0.15) is 38.7 Å². The first-order chi connectivity index (χ1) is 11.7. The molecule has 0 aromatic heterocycles. The molecule has 1 heterocycles. The Morgan fingerprint density at radius 2 is 2.04 bits per heavy atom. The van der Waals surface area contributed by atoms with Gasteiger partial charge in [0.25, 0.3) is 0 Å². The average Bonchev–Trinajstić information content (AvgIpc) is 2.58. The normalized spacial score (nSPS) is 18.1. The lowest BCUT2D eigenvalue weighted by molar-refractivity contribution is -0.126. The Morgan fingerprint density at radius 1 is 1.40 bits per heavy atom. The van der Waals surface area contributed by atoms with E-state index in [9.17, 15) is 17.6 Å². The number of halogens is 2. The second-order valence-corrected chi connectivity index (χ2v) is 8.82. The lowest BCUT2D eigenvalue weighted by Crippen LogP contribution is -2.45. The van der Waals surface area contributed by atoms with E-state index in [0.717, 1.165) is 6.42 Å². The zero-order chi connectivity index (χ0) is 18.6. The van der Waals surface area contributed by atoms with Crippen molar-refractivity contribution >= 4 is 27.5 Å². The van der Waals surface area contributed by atoms with Gasteiger partial charge in [-0.2, -0.15) is 0 Å². The molecular formula is C17H24ClFN2O3S. The number of nitrogens with zero attached hydrogens (tertiary/aromatic N) is 1. The molecule has 140 valence electrons. The molecule has 1 N–H and O–H groups in total. The van der Waals surface area contributed by atoms with Gasteiger partial charge in [-0.3, -0.25) is 4.79 Å². The van der Waals surface area contributed by atoms with Crippen molar-refractivity contribution in [2.45, 2.75) is 44.9 Å². The molecular weight excluding hydrogens is 367 g/mol. The number of amides is 1. The van der Waals surface area contributed by atoms with Crippen LogP contribution in [0, 0.1) is 11.7 Å². The maximum absolute atomic E-state index is 13.9. The Bertz CT molecular complexity index is 698. The van der Waals surface area contributed by atoms with Crippen LogP contribution in [0.15, 0.2) is 18.2 Å². The van der Waals surface area contributed by atoms with Crippen molar-refractivity contribution in [3.05, 3.63) is 34.6 Å². The summed E-state index contributed by atoms with van der Waals surface area (Å²) in [6.07, 6.45) is 1.78. The second kappa shape index (κ2) is 8.47. The highest BCUT2D eigenvalue weighted by atomic mass is 35.5. The van der Waals surface area contributed by atoms with Crippen LogP contribution in [0.25, 0.3) is 0 Å². The molecule has 1 aliphatic heterocycles. The number of benzene rings is 1. The van der Waals surface area contributed by atoms with Gasteiger partial charge >= 0.3 is 0 Å². The van der Waals surface area contributed by atoms with Crippen LogP contribution < -0.4 is 5.32 Å². The second-order valence-electron chi connectivity index (χ2n) is 6.45. The van der Waals surface area contributed by atoms with Crippen molar-refractivity contribution in [3.63, 3.8) is 0 Å². The van der Waals surface area contributed by atoms with Crippen LogP contribution in [0.5, 0.6) is 0 Å². The summed E-state index contributed by atoms with van der Waals surface area (Å²) in [4.78, 5) is 12.2. The van der Waals surface area contributed by atoms with E-state index in [-0.39, 0.29) is 41.5 Å². The Balaban J connectivity index is 1.98. The summed E-state index contributed by atoms with van der Waals surface area (Å²) in [5.41, 5.74) is -0.0131. The summed E-state index contributed by atoms with van der Waals surface area (Å²) in [7, 11) is -3.68. The smallest absolute Gasteiger partial charge is 0.223 e. The molecule has 1 saturated heterocycles. The third-order valence-electron chi connectivity index (χ3n) is 4.61. The molecule has 1 fully saturated rings. The maximum Gasteiger partial charge on any atom is 0.223 e. The molecule has 8 heteroatoms. The molecule has 1 unspecified atom stereocenters. The molecule has 1 atom stereocenters. The fourth-order valence-electron chi connectivity index (χ4n) is 2.80. The fourth-order valence-corrected chi connectivity index (χ4v) is 4.72. The number of rotatable bonds is 6. The molecule has 1 amide bonds. The van der Waals surface area contributed by atoms with Crippen molar-refractivity contribution in [2.75, 3.05) is 13.1 Å². The van der Waals surface area contributed by atoms with Gasteiger partial charge in [0.15, 0.2) is 0 Å². The molecule has 1 aliphatic rings. The molecule has 0 bridgehead atoms. The zero-order valence-corrected chi connectivity index (χ0v) is 16.0. The highest BCUT2D eigenvalue weighted by Crippen LogP contribution is 2.26. The van der Waals surface area contributed by atoms with E-state index in [4.69, 9.17) is 11.6 Å². The minimum Gasteiger partial charge on any atom is -0.353 e. The first-order valence-corrected chi connectivity index (χ1v) is 10.4. The van der Waals surface area contributed by atoms with Gasteiger partial charge in [-0.15, -0.1) is 0 Å². The summed E-state index contributed by atoms with van der Waals surface area (Å²) in [6, 6.07) is 4.22. The molecule has 25 heavy (non-hydrogen) atoms. The Labute approximate surface area is 153 Å². The summed E-state index contributed by atoms with van der Waals surface area (Å²) < 4.78 is 40.3. The standard InChI is InChI=1S/C17H24ClFN2O3S/c1-3-12(2)20-17(22)13-7-9-21(10-8-13)25(23,24)11-14-15(18)5-4-6-16(14)19/h4-6,12-13H,3,7-11H2,1-2H3,(H,20,22). The van der Waals surface area contributed by atoms with Crippen LogP contribution in [0.3, 0.4) is 0 Å². The van der Waals surface area contributed by atoms with Crippen molar-refractivity contribution in [1.82, 2.24) is 9.62 Å². The predicted octanol–water partition coefficient (Wildman–Crippen LogP) is 2.94. The molecule has 0 radical (unpaired) electrons. The van der Waals surface area contributed by atoms with Gasteiger partial charge in [0.1, 0.15) is 5.82 Å². The van der Waals surface area contributed by atoms with Gasteiger partial charge in [0.2, 0.25) is 15.9 Å². The third-order valence-corrected chi connectivity index (χ3v) is 6.77. The Kier molecular flexibility index (Phi) is 6.82. The SMILES string of the molecule is CCC(C)NC(=O)C1CCN(S(=O)(=O)Cc2c(F)cccc2Cl)CC1. The lowest BCUT2D eigenvalue weighted by Gasteiger charge is -2.31. The minimum absolute atomic E-state index is 0.0131. The predicted molar refractivity (Wildman–Crippen MR) is 96.2 cm³/mol. The Hall–Kier alpha value is -1.18. The quantitative estimate of drug-likeness (QED) is 0.812. The largest absolute Gasteiger partial charge is 0.353 e. The van der Waals surface area contributed by atoms with Gasteiger partial charge in [-0.1, -0.05) is 24.6 Å². The first kappa shape index (κ1) is 20.1. The van der Waals surface area contributed by atoms with Crippen molar-refractivity contribution in [2.24, 2.45) is 5.92 Å². The summed E-state index contributed by atoms with van der Waals surface area (Å²) >= 11 is 5.93. The molecule has 2 rings (SSSR count). The van der Waals surface area contributed by atoms with Crippen LogP contribution in [-0.4, -0.2) is 37.8 Å². The number of carbonyl (C=O) groups is 1. The molecule has 0 aliphatic carbocycles. The number of nitrogens with one attached hydrogen (secondary N) is 1. The molecule has 1 aromatic rings.